The molecule has 1 aromatic carbocycles. The van der Waals surface area contributed by atoms with Crippen molar-refractivity contribution in [2.24, 2.45) is 5.73 Å². The highest BCUT2D eigenvalue weighted by Gasteiger charge is 2.20. The van der Waals surface area contributed by atoms with Gasteiger partial charge in [0.05, 0.1) is 5.56 Å². The highest BCUT2D eigenvalue weighted by molar-refractivity contribution is 5.97. The monoisotopic (exact) mass is 179 g/mol. The molecule has 0 bridgehead atoms. The Labute approximate surface area is 75.2 Å². The third kappa shape index (κ3) is 1.20. The van der Waals surface area contributed by atoms with Crippen LogP contribution in [0.1, 0.15) is 15.9 Å². The Morgan fingerprint density at radius 1 is 1.46 bits per heavy atom. The first-order chi connectivity index (χ1) is 6.18. The molecule has 0 saturated heterocycles. The van der Waals surface area contributed by atoms with E-state index in [0.717, 1.165) is 5.56 Å². The molecular formula is C9H9NO3. The molecule has 68 valence electrons. The zero-order chi connectivity index (χ0) is 9.42. The molecular weight excluding hydrogens is 170 g/mol. The van der Waals surface area contributed by atoms with Gasteiger partial charge in [-0.05, 0) is 24.6 Å². The highest BCUT2D eigenvalue weighted by Crippen LogP contribution is 2.36. The first kappa shape index (κ1) is 7.91. The van der Waals surface area contributed by atoms with Crippen LogP contribution in [0.2, 0.25) is 0 Å². The summed E-state index contributed by atoms with van der Waals surface area (Å²) >= 11 is 0. The molecule has 2 rings (SSSR count). The van der Waals surface area contributed by atoms with Crippen molar-refractivity contribution >= 4 is 5.91 Å². The molecule has 13 heavy (non-hydrogen) atoms. The fourth-order valence-electron chi connectivity index (χ4n) is 1.33. The third-order valence-electron chi connectivity index (χ3n) is 1.88. The number of ether oxygens (including phenoxy) is 2. The molecule has 1 heterocycles. The number of hydrogen-bond donors (Lipinski definition) is 1. The Morgan fingerprint density at radius 3 is 2.92 bits per heavy atom. The van der Waals surface area contributed by atoms with E-state index < -0.39 is 5.91 Å². The summed E-state index contributed by atoms with van der Waals surface area (Å²) in [6, 6.07) is 3.50. The van der Waals surface area contributed by atoms with Crippen LogP contribution in [0.25, 0.3) is 0 Å². The predicted octanol–water partition coefficient (Wildman–Crippen LogP) is 0.823. The van der Waals surface area contributed by atoms with E-state index in [1.807, 2.05) is 13.0 Å². The summed E-state index contributed by atoms with van der Waals surface area (Å²) in [7, 11) is 0. The largest absolute Gasteiger partial charge is 0.454 e. The molecule has 2 N–H and O–H groups in total. The Kier molecular flexibility index (Phi) is 1.62. The van der Waals surface area contributed by atoms with Crippen molar-refractivity contribution in [3.8, 4) is 11.5 Å². The molecule has 4 nitrogen and oxygen atoms in total. The van der Waals surface area contributed by atoms with E-state index in [9.17, 15) is 4.79 Å². The maximum atomic E-state index is 11.0. The fraction of sp³-hybridized carbons (Fsp3) is 0.222. The van der Waals surface area contributed by atoms with Crippen molar-refractivity contribution in [3.05, 3.63) is 23.3 Å². The maximum absolute atomic E-state index is 11.0. The number of carbonyl (C=O) groups is 1. The number of nitrogens with two attached hydrogens (primary N) is 1. The Bertz CT molecular complexity index is 373. The lowest BCUT2D eigenvalue weighted by Gasteiger charge is -2.02. The van der Waals surface area contributed by atoms with Gasteiger partial charge in [0.1, 0.15) is 0 Å². The summed E-state index contributed by atoms with van der Waals surface area (Å²) in [5.41, 5.74) is 6.49. The van der Waals surface area contributed by atoms with Gasteiger partial charge >= 0.3 is 0 Å². The Balaban J connectivity index is 2.62. The van der Waals surface area contributed by atoms with Crippen LogP contribution in [0.4, 0.5) is 0 Å². The van der Waals surface area contributed by atoms with Crippen LogP contribution < -0.4 is 15.2 Å². The number of amides is 1. The molecule has 1 amide bonds. The van der Waals surface area contributed by atoms with Gasteiger partial charge in [-0.1, -0.05) is 0 Å². The van der Waals surface area contributed by atoms with Crippen molar-refractivity contribution in [2.45, 2.75) is 6.92 Å². The summed E-state index contributed by atoms with van der Waals surface area (Å²) < 4.78 is 10.3. The summed E-state index contributed by atoms with van der Waals surface area (Å²) in [4.78, 5) is 11.0. The second-order valence-corrected chi connectivity index (χ2v) is 2.91. The number of primary amides is 1. The van der Waals surface area contributed by atoms with Gasteiger partial charge < -0.3 is 15.2 Å². The maximum Gasteiger partial charge on any atom is 0.252 e. The van der Waals surface area contributed by atoms with E-state index in [1.54, 1.807) is 6.07 Å². The zero-order valence-corrected chi connectivity index (χ0v) is 7.16. The second kappa shape index (κ2) is 2.65. The van der Waals surface area contributed by atoms with Gasteiger partial charge in [0, 0.05) is 0 Å². The van der Waals surface area contributed by atoms with Crippen LogP contribution in [0.3, 0.4) is 0 Å². The minimum absolute atomic E-state index is 0.152. The van der Waals surface area contributed by atoms with Crippen LogP contribution in [0, 0.1) is 6.92 Å². The number of hydrogen-bond acceptors (Lipinski definition) is 3. The molecule has 0 aliphatic carbocycles. The van der Waals surface area contributed by atoms with Crippen molar-refractivity contribution in [1.82, 2.24) is 0 Å². The van der Waals surface area contributed by atoms with Crippen LogP contribution in [-0.2, 0) is 0 Å². The third-order valence-corrected chi connectivity index (χ3v) is 1.88. The molecule has 0 radical (unpaired) electrons. The first-order valence-corrected chi connectivity index (χ1v) is 3.88. The van der Waals surface area contributed by atoms with Gasteiger partial charge in [0.15, 0.2) is 11.5 Å². The SMILES string of the molecule is Cc1cc2c(c(C(N)=O)c1)OCO2. The second-order valence-electron chi connectivity index (χ2n) is 2.91. The van der Waals surface area contributed by atoms with Crippen molar-refractivity contribution in [2.75, 3.05) is 6.79 Å². The highest BCUT2D eigenvalue weighted by atomic mass is 16.7. The minimum Gasteiger partial charge on any atom is -0.454 e. The van der Waals surface area contributed by atoms with E-state index in [4.69, 9.17) is 15.2 Å². The molecule has 0 fully saturated rings. The number of carbonyl (C=O) groups excluding carboxylic acids is 1. The lowest BCUT2D eigenvalue weighted by Crippen LogP contribution is -2.12. The number of rotatable bonds is 1. The Hall–Kier alpha value is -1.71. The molecule has 0 spiro atoms. The van der Waals surface area contributed by atoms with Gasteiger partial charge in [0.2, 0.25) is 6.79 Å². The standard InChI is InChI=1S/C9H9NO3/c1-5-2-6(9(10)11)8-7(3-5)12-4-13-8/h2-3H,4H2,1H3,(H2,10,11). The van der Waals surface area contributed by atoms with E-state index in [1.165, 1.54) is 0 Å². The zero-order valence-electron chi connectivity index (χ0n) is 7.16. The van der Waals surface area contributed by atoms with Gasteiger partial charge in [-0.2, -0.15) is 0 Å². The molecule has 0 atom stereocenters. The average molecular weight is 179 g/mol. The molecule has 1 aromatic rings. The number of aryl methyl sites for hydroxylation is 1. The average Bonchev–Trinajstić information content (AvgIpc) is 2.49. The van der Waals surface area contributed by atoms with Gasteiger partial charge in [-0.15, -0.1) is 0 Å². The van der Waals surface area contributed by atoms with Gasteiger partial charge in [-0.25, -0.2) is 0 Å². The van der Waals surface area contributed by atoms with Gasteiger partial charge in [0.25, 0.3) is 5.91 Å². The molecule has 0 aromatic heterocycles. The van der Waals surface area contributed by atoms with Crippen molar-refractivity contribution in [3.63, 3.8) is 0 Å². The van der Waals surface area contributed by atoms with Crippen LogP contribution in [-0.4, -0.2) is 12.7 Å². The Morgan fingerprint density at radius 2 is 2.23 bits per heavy atom. The van der Waals surface area contributed by atoms with Crippen molar-refractivity contribution in [1.29, 1.82) is 0 Å². The topological polar surface area (TPSA) is 61.6 Å². The van der Waals surface area contributed by atoms with E-state index in [2.05, 4.69) is 0 Å². The first-order valence-electron chi connectivity index (χ1n) is 3.88. The molecule has 4 heteroatoms. The van der Waals surface area contributed by atoms with Gasteiger partial charge in [-0.3, -0.25) is 4.79 Å². The normalized spacial score (nSPS) is 13.0. The summed E-state index contributed by atoms with van der Waals surface area (Å²) in [6.45, 7) is 2.02. The minimum atomic E-state index is -0.495. The number of fused-ring (bicyclic) bond motifs is 1. The molecule has 0 unspecified atom stereocenters. The van der Waals surface area contributed by atoms with E-state index >= 15 is 0 Å². The van der Waals surface area contributed by atoms with Crippen LogP contribution in [0.15, 0.2) is 12.1 Å². The molecule has 1 aliphatic heterocycles. The van der Waals surface area contributed by atoms with Crippen LogP contribution in [0.5, 0.6) is 11.5 Å². The molecule has 1 aliphatic rings. The van der Waals surface area contributed by atoms with E-state index in [0.29, 0.717) is 17.1 Å². The lowest BCUT2D eigenvalue weighted by molar-refractivity contribution is 0.0995. The summed E-state index contributed by atoms with van der Waals surface area (Å²) in [5, 5.41) is 0. The molecule has 0 saturated carbocycles. The smallest absolute Gasteiger partial charge is 0.252 e. The van der Waals surface area contributed by atoms with Crippen molar-refractivity contribution < 1.29 is 14.3 Å². The lowest BCUT2D eigenvalue weighted by atomic mass is 10.1. The quantitative estimate of drug-likeness (QED) is 0.694. The predicted molar refractivity (Wildman–Crippen MR) is 45.8 cm³/mol. The summed E-state index contributed by atoms with van der Waals surface area (Å²) in [6.07, 6.45) is 0. The van der Waals surface area contributed by atoms with Crippen LogP contribution >= 0.6 is 0 Å². The van der Waals surface area contributed by atoms with E-state index in [-0.39, 0.29) is 6.79 Å². The summed E-state index contributed by atoms with van der Waals surface area (Å²) in [5.74, 6) is 0.553. The number of benzene rings is 1. The fourth-order valence-corrected chi connectivity index (χ4v) is 1.33.